The van der Waals surface area contributed by atoms with Gasteiger partial charge in [-0.3, -0.25) is 9.59 Å². The Balaban J connectivity index is 1.28. The topological polar surface area (TPSA) is 40.6 Å². The highest BCUT2D eigenvalue weighted by atomic mass is 16.2. The van der Waals surface area contributed by atoms with Crippen LogP contribution in [0.15, 0.2) is 30.3 Å². The van der Waals surface area contributed by atoms with Crippen molar-refractivity contribution in [3.8, 4) is 0 Å². The SMILES string of the molecule is O=C([C@H]1CC(=O)N(C2CCCC2)C1)N1CCC(Cc2ccccc2)CC1. The van der Waals surface area contributed by atoms with E-state index in [0.29, 0.717) is 24.9 Å². The summed E-state index contributed by atoms with van der Waals surface area (Å²) in [5.41, 5.74) is 1.39. The Labute approximate surface area is 156 Å². The molecular formula is C22H30N2O2. The molecule has 2 aliphatic heterocycles. The molecule has 1 saturated carbocycles. The van der Waals surface area contributed by atoms with Gasteiger partial charge in [0.1, 0.15) is 0 Å². The first-order valence-corrected chi connectivity index (χ1v) is 10.3. The Morgan fingerprint density at radius 3 is 2.38 bits per heavy atom. The third-order valence-electron chi connectivity index (χ3n) is 6.57. The maximum absolute atomic E-state index is 12.9. The van der Waals surface area contributed by atoms with E-state index in [9.17, 15) is 9.59 Å². The van der Waals surface area contributed by atoms with Crippen molar-refractivity contribution in [1.29, 1.82) is 0 Å². The van der Waals surface area contributed by atoms with Crippen LogP contribution in [0.5, 0.6) is 0 Å². The summed E-state index contributed by atoms with van der Waals surface area (Å²) in [5, 5.41) is 0. The Morgan fingerprint density at radius 1 is 1.00 bits per heavy atom. The van der Waals surface area contributed by atoms with Gasteiger partial charge in [-0.2, -0.15) is 0 Å². The molecule has 140 valence electrons. The van der Waals surface area contributed by atoms with E-state index in [1.807, 2.05) is 9.80 Å². The van der Waals surface area contributed by atoms with Gasteiger partial charge in [0.15, 0.2) is 0 Å². The van der Waals surface area contributed by atoms with Gasteiger partial charge in [-0.05, 0) is 43.6 Å². The molecule has 3 fully saturated rings. The van der Waals surface area contributed by atoms with Crippen LogP contribution in [-0.4, -0.2) is 47.3 Å². The average molecular weight is 354 g/mol. The Hall–Kier alpha value is -1.84. The number of hydrogen-bond donors (Lipinski definition) is 0. The third-order valence-corrected chi connectivity index (χ3v) is 6.57. The van der Waals surface area contributed by atoms with Crippen molar-refractivity contribution in [2.75, 3.05) is 19.6 Å². The van der Waals surface area contributed by atoms with Crippen LogP contribution in [0.3, 0.4) is 0 Å². The van der Waals surface area contributed by atoms with E-state index in [0.717, 1.165) is 45.2 Å². The van der Waals surface area contributed by atoms with E-state index in [-0.39, 0.29) is 17.7 Å². The van der Waals surface area contributed by atoms with Crippen molar-refractivity contribution >= 4 is 11.8 Å². The van der Waals surface area contributed by atoms with Crippen LogP contribution < -0.4 is 0 Å². The molecule has 4 heteroatoms. The lowest BCUT2D eigenvalue weighted by molar-refractivity contribution is -0.137. The quantitative estimate of drug-likeness (QED) is 0.833. The first kappa shape index (κ1) is 17.6. The first-order chi connectivity index (χ1) is 12.7. The second kappa shape index (κ2) is 7.81. The van der Waals surface area contributed by atoms with Crippen molar-refractivity contribution in [2.45, 2.75) is 57.4 Å². The molecule has 0 radical (unpaired) electrons. The zero-order valence-electron chi connectivity index (χ0n) is 15.6. The fraction of sp³-hybridized carbons (Fsp3) is 0.636. The van der Waals surface area contributed by atoms with E-state index >= 15 is 0 Å². The number of nitrogens with zero attached hydrogens (tertiary/aromatic N) is 2. The first-order valence-electron chi connectivity index (χ1n) is 10.3. The molecule has 4 rings (SSSR count). The number of hydrogen-bond acceptors (Lipinski definition) is 2. The summed E-state index contributed by atoms with van der Waals surface area (Å²) in [5.74, 6) is 0.988. The molecule has 0 spiro atoms. The minimum absolute atomic E-state index is 0.103. The average Bonchev–Trinajstić information content (AvgIpc) is 3.32. The molecule has 0 aromatic heterocycles. The number of piperidine rings is 1. The highest BCUT2D eigenvalue weighted by molar-refractivity contribution is 5.89. The number of benzene rings is 1. The van der Waals surface area contributed by atoms with E-state index < -0.39 is 0 Å². The lowest BCUT2D eigenvalue weighted by atomic mass is 9.89. The number of carbonyl (C=O) groups excluding carboxylic acids is 2. The van der Waals surface area contributed by atoms with Crippen molar-refractivity contribution in [1.82, 2.24) is 9.80 Å². The van der Waals surface area contributed by atoms with Crippen LogP contribution in [-0.2, 0) is 16.0 Å². The normalized spacial score (nSPS) is 25.2. The van der Waals surface area contributed by atoms with Crippen molar-refractivity contribution in [3.63, 3.8) is 0 Å². The number of amides is 2. The van der Waals surface area contributed by atoms with Gasteiger partial charge in [0, 0.05) is 32.1 Å². The molecule has 3 aliphatic rings. The standard InChI is InChI=1S/C22H30N2O2/c25-21-15-19(16-24(21)20-8-4-5-9-20)22(26)23-12-10-18(11-13-23)14-17-6-2-1-3-7-17/h1-3,6-7,18-20H,4-5,8-16H2/t19-/m0/s1. The van der Waals surface area contributed by atoms with Crippen LogP contribution in [0, 0.1) is 11.8 Å². The molecule has 1 aliphatic carbocycles. The van der Waals surface area contributed by atoms with Crippen molar-refractivity contribution < 1.29 is 9.59 Å². The molecule has 2 heterocycles. The summed E-state index contributed by atoms with van der Waals surface area (Å²) in [6, 6.07) is 11.0. The monoisotopic (exact) mass is 354 g/mol. The maximum Gasteiger partial charge on any atom is 0.227 e. The summed E-state index contributed by atoms with van der Waals surface area (Å²) >= 11 is 0. The summed E-state index contributed by atoms with van der Waals surface area (Å²) in [7, 11) is 0. The van der Waals surface area contributed by atoms with Crippen LogP contribution >= 0.6 is 0 Å². The smallest absolute Gasteiger partial charge is 0.227 e. The molecule has 1 aromatic carbocycles. The third kappa shape index (κ3) is 3.79. The summed E-state index contributed by atoms with van der Waals surface area (Å²) in [6.45, 7) is 2.36. The minimum Gasteiger partial charge on any atom is -0.342 e. The molecular weight excluding hydrogens is 324 g/mol. The molecule has 26 heavy (non-hydrogen) atoms. The van der Waals surface area contributed by atoms with Crippen LogP contribution in [0.2, 0.25) is 0 Å². The number of carbonyl (C=O) groups is 2. The van der Waals surface area contributed by atoms with Gasteiger partial charge in [0.25, 0.3) is 0 Å². The van der Waals surface area contributed by atoms with Gasteiger partial charge < -0.3 is 9.80 Å². The van der Waals surface area contributed by atoms with Gasteiger partial charge in [-0.25, -0.2) is 0 Å². The predicted octanol–water partition coefficient (Wildman–Crippen LogP) is 3.26. The highest BCUT2D eigenvalue weighted by Crippen LogP contribution is 2.31. The predicted molar refractivity (Wildman–Crippen MR) is 102 cm³/mol. The number of rotatable bonds is 4. The molecule has 2 amide bonds. The minimum atomic E-state index is -0.103. The molecule has 0 bridgehead atoms. The molecule has 1 atom stereocenters. The summed E-state index contributed by atoms with van der Waals surface area (Å²) in [4.78, 5) is 29.3. The van der Waals surface area contributed by atoms with E-state index in [4.69, 9.17) is 0 Å². The maximum atomic E-state index is 12.9. The largest absolute Gasteiger partial charge is 0.342 e. The second-order valence-corrected chi connectivity index (χ2v) is 8.34. The Bertz CT molecular complexity index is 631. The fourth-order valence-electron chi connectivity index (χ4n) is 5.03. The van der Waals surface area contributed by atoms with E-state index in [1.165, 1.54) is 18.4 Å². The van der Waals surface area contributed by atoms with Crippen LogP contribution in [0.1, 0.15) is 50.5 Å². The van der Waals surface area contributed by atoms with Crippen molar-refractivity contribution in [2.24, 2.45) is 11.8 Å². The molecule has 1 aromatic rings. The zero-order chi connectivity index (χ0) is 17.9. The van der Waals surface area contributed by atoms with E-state index in [1.54, 1.807) is 0 Å². The highest BCUT2D eigenvalue weighted by Gasteiger charge is 2.40. The second-order valence-electron chi connectivity index (χ2n) is 8.34. The van der Waals surface area contributed by atoms with Crippen LogP contribution in [0.25, 0.3) is 0 Å². The van der Waals surface area contributed by atoms with Crippen molar-refractivity contribution in [3.05, 3.63) is 35.9 Å². The molecule has 4 nitrogen and oxygen atoms in total. The van der Waals surface area contributed by atoms with Gasteiger partial charge in [-0.1, -0.05) is 43.2 Å². The Morgan fingerprint density at radius 2 is 1.69 bits per heavy atom. The summed E-state index contributed by atoms with van der Waals surface area (Å²) < 4.78 is 0. The van der Waals surface area contributed by atoms with Gasteiger partial charge in [0.05, 0.1) is 5.92 Å². The Kier molecular flexibility index (Phi) is 5.28. The lowest BCUT2D eigenvalue weighted by Crippen LogP contribution is -2.43. The van der Waals surface area contributed by atoms with Gasteiger partial charge >= 0.3 is 0 Å². The van der Waals surface area contributed by atoms with Gasteiger partial charge in [0.2, 0.25) is 11.8 Å². The molecule has 2 saturated heterocycles. The zero-order valence-corrected chi connectivity index (χ0v) is 15.6. The fourth-order valence-corrected chi connectivity index (χ4v) is 5.03. The lowest BCUT2D eigenvalue weighted by Gasteiger charge is -2.33. The van der Waals surface area contributed by atoms with E-state index in [2.05, 4.69) is 30.3 Å². The van der Waals surface area contributed by atoms with Gasteiger partial charge in [-0.15, -0.1) is 0 Å². The molecule has 0 N–H and O–H groups in total. The van der Waals surface area contributed by atoms with Crippen LogP contribution in [0.4, 0.5) is 0 Å². The number of likely N-dealkylation sites (tertiary alicyclic amines) is 2. The molecule has 0 unspecified atom stereocenters. The summed E-state index contributed by atoms with van der Waals surface area (Å²) in [6.07, 6.45) is 8.39.